The number of benzene rings is 2. The molecule has 2 aromatic carbocycles. The van der Waals surface area contributed by atoms with Crippen molar-refractivity contribution >= 4 is 40.6 Å². The van der Waals surface area contributed by atoms with Gasteiger partial charge in [-0.05, 0) is 64.4 Å². The van der Waals surface area contributed by atoms with Gasteiger partial charge in [-0.3, -0.25) is 19.2 Å². The Bertz CT molecular complexity index is 1110. The van der Waals surface area contributed by atoms with Gasteiger partial charge in [-0.15, -0.1) is 0 Å². The molecule has 1 aliphatic heterocycles. The second-order valence-corrected chi connectivity index (χ2v) is 11.0. The highest BCUT2D eigenvalue weighted by molar-refractivity contribution is 8.15. The van der Waals surface area contributed by atoms with Crippen LogP contribution in [0.25, 0.3) is 0 Å². The number of carbonyl (C=O) groups excluding carboxylic acids is 5. The molecule has 0 bridgehead atoms. The van der Waals surface area contributed by atoms with E-state index in [2.05, 4.69) is 10.6 Å². The average Bonchev–Trinajstić information content (AvgIpc) is 3.38. The number of thioether (sulfide) groups is 1. The van der Waals surface area contributed by atoms with Crippen LogP contribution >= 0.6 is 11.8 Å². The predicted octanol–water partition coefficient (Wildman–Crippen LogP) is 3.15. The summed E-state index contributed by atoms with van der Waals surface area (Å²) in [5, 5.41) is 3.49. The molecule has 3 rings (SSSR count). The Hall–Kier alpha value is -3.66. The van der Waals surface area contributed by atoms with Crippen LogP contribution in [0.2, 0.25) is 0 Å². The summed E-state index contributed by atoms with van der Waals surface area (Å²) in [5.41, 5.74) is -0.00825. The van der Waals surface area contributed by atoms with Crippen molar-refractivity contribution in [3.05, 3.63) is 71.8 Å². The molecule has 0 radical (unpaired) electrons. The Morgan fingerprint density at radius 1 is 0.921 bits per heavy atom. The van der Waals surface area contributed by atoms with E-state index in [0.29, 0.717) is 42.3 Å². The summed E-state index contributed by atoms with van der Waals surface area (Å²) in [6, 6.07) is 14.9. The maximum Gasteiger partial charge on any atom is 0.329 e. The van der Waals surface area contributed by atoms with Gasteiger partial charge in [-0.25, -0.2) is 4.79 Å². The third-order valence-corrected chi connectivity index (χ3v) is 6.73. The largest absolute Gasteiger partial charge is 0.458 e. The lowest BCUT2D eigenvalue weighted by atomic mass is 10.1. The highest BCUT2D eigenvalue weighted by Gasteiger charge is 2.39. The number of amides is 3. The molecular formula is C28H33N3O6S. The lowest BCUT2D eigenvalue weighted by Crippen LogP contribution is -2.54. The first-order chi connectivity index (χ1) is 18.0. The SMILES string of the molecule is C[C@H](NC(=O)C(NC(=O)c1ccccc1)SC(=O)c1ccccc1)C(=O)N1CCC[C@H]1C(=O)OC(C)(C)C. The predicted molar refractivity (Wildman–Crippen MR) is 144 cm³/mol. The monoisotopic (exact) mass is 539 g/mol. The summed E-state index contributed by atoms with van der Waals surface area (Å²) in [7, 11) is 0. The number of hydrogen-bond donors (Lipinski definition) is 2. The Balaban J connectivity index is 1.72. The molecule has 3 atom stereocenters. The number of carbonyl (C=O) groups is 5. The van der Waals surface area contributed by atoms with Crippen molar-refractivity contribution in [1.29, 1.82) is 0 Å². The number of likely N-dealkylation sites (tertiary alicyclic amines) is 1. The van der Waals surface area contributed by atoms with E-state index in [4.69, 9.17) is 4.74 Å². The fourth-order valence-electron chi connectivity index (χ4n) is 3.93. The van der Waals surface area contributed by atoms with Crippen LogP contribution in [0.1, 0.15) is 61.3 Å². The molecule has 9 nitrogen and oxygen atoms in total. The molecule has 2 aromatic rings. The summed E-state index contributed by atoms with van der Waals surface area (Å²) in [5.74, 6) is -2.18. The number of nitrogens with zero attached hydrogens (tertiary/aromatic N) is 1. The summed E-state index contributed by atoms with van der Waals surface area (Å²) >= 11 is 0.645. The van der Waals surface area contributed by atoms with Gasteiger partial charge in [0.2, 0.25) is 11.0 Å². The smallest absolute Gasteiger partial charge is 0.329 e. The first-order valence-electron chi connectivity index (χ1n) is 12.4. The minimum Gasteiger partial charge on any atom is -0.458 e. The summed E-state index contributed by atoms with van der Waals surface area (Å²) < 4.78 is 5.46. The topological polar surface area (TPSA) is 122 Å². The quantitative estimate of drug-likeness (QED) is 0.390. The molecule has 0 saturated carbocycles. The molecule has 202 valence electrons. The summed E-state index contributed by atoms with van der Waals surface area (Å²) in [4.78, 5) is 66.2. The van der Waals surface area contributed by atoms with Crippen molar-refractivity contribution in [2.75, 3.05) is 6.54 Å². The molecule has 1 aliphatic rings. The molecule has 38 heavy (non-hydrogen) atoms. The molecule has 1 saturated heterocycles. The van der Waals surface area contributed by atoms with E-state index < -0.39 is 51.9 Å². The number of hydrogen-bond acceptors (Lipinski definition) is 7. The van der Waals surface area contributed by atoms with E-state index in [1.807, 2.05) is 0 Å². The van der Waals surface area contributed by atoms with Crippen LogP contribution in [0.5, 0.6) is 0 Å². The normalized spacial score (nSPS) is 16.7. The molecule has 0 spiro atoms. The van der Waals surface area contributed by atoms with Crippen molar-refractivity contribution < 1.29 is 28.7 Å². The van der Waals surface area contributed by atoms with Gasteiger partial charge in [0, 0.05) is 17.7 Å². The van der Waals surface area contributed by atoms with Crippen molar-refractivity contribution in [2.45, 2.75) is 63.6 Å². The van der Waals surface area contributed by atoms with Crippen LogP contribution in [0.15, 0.2) is 60.7 Å². The fourth-order valence-corrected chi connectivity index (χ4v) is 4.76. The Labute approximate surface area is 226 Å². The highest BCUT2D eigenvalue weighted by atomic mass is 32.2. The maximum atomic E-state index is 13.2. The number of ether oxygens (including phenoxy) is 1. The summed E-state index contributed by atoms with van der Waals surface area (Å²) in [6.07, 6.45) is 1.10. The lowest BCUT2D eigenvalue weighted by Gasteiger charge is -2.29. The van der Waals surface area contributed by atoms with Gasteiger partial charge >= 0.3 is 5.97 Å². The first kappa shape index (κ1) is 28.9. The van der Waals surface area contributed by atoms with Gasteiger partial charge < -0.3 is 20.3 Å². The van der Waals surface area contributed by atoms with Crippen molar-refractivity contribution in [3.63, 3.8) is 0 Å². The van der Waals surface area contributed by atoms with E-state index >= 15 is 0 Å². The molecule has 1 unspecified atom stereocenters. The van der Waals surface area contributed by atoms with Gasteiger partial charge in [-0.2, -0.15) is 0 Å². The molecule has 2 N–H and O–H groups in total. The van der Waals surface area contributed by atoms with Crippen LogP contribution in [0, 0.1) is 0 Å². The van der Waals surface area contributed by atoms with E-state index in [1.165, 1.54) is 11.8 Å². The molecular weight excluding hydrogens is 506 g/mol. The van der Waals surface area contributed by atoms with Crippen LogP contribution in [-0.2, 0) is 19.1 Å². The second-order valence-electron chi connectivity index (χ2n) is 9.94. The third-order valence-electron chi connectivity index (χ3n) is 5.71. The first-order valence-corrected chi connectivity index (χ1v) is 13.3. The van der Waals surface area contributed by atoms with Crippen molar-refractivity contribution in [3.8, 4) is 0 Å². The Morgan fingerprint density at radius 2 is 1.50 bits per heavy atom. The van der Waals surface area contributed by atoms with E-state index in [-0.39, 0.29) is 0 Å². The van der Waals surface area contributed by atoms with E-state index in [0.717, 1.165) is 0 Å². The van der Waals surface area contributed by atoms with Crippen molar-refractivity contribution in [2.24, 2.45) is 0 Å². The highest BCUT2D eigenvalue weighted by Crippen LogP contribution is 2.23. The molecule has 0 aromatic heterocycles. The van der Waals surface area contributed by atoms with Crippen molar-refractivity contribution in [1.82, 2.24) is 15.5 Å². The lowest BCUT2D eigenvalue weighted by molar-refractivity contribution is -0.163. The number of esters is 1. The zero-order chi connectivity index (χ0) is 27.9. The zero-order valence-corrected chi connectivity index (χ0v) is 22.7. The van der Waals surface area contributed by atoms with Crippen LogP contribution < -0.4 is 10.6 Å². The maximum absolute atomic E-state index is 13.2. The minimum absolute atomic E-state index is 0.319. The van der Waals surface area contributed by atoms with Crippen LogP contribution in [0.4, 0.5) is 0 Å². The molecule has 1 heterocycles. The molecule has 3 amide bonds. The van der Waals surface area contributed by atoms with E-state index in [9.17, 15) is 24.0 Å². The molecule has 10 heteroatoms. The van der Waals surface area contributed by atoms with E-state index in [1.54, 1.807) is 81.4 Å². The van der Waals surface area contributed by atoms with Gasteiger partial charge in [0.05, 0.1) is 0 Å². The minimum atomic E-state index is -1.30. The second kappa shape index (κ2) is 12.7. The summed E-state index contributed by atoms with van der Waals surface area (Å²) in [6.45, 7) is 7.14. The standard InChI is InChI=1S/C28H33N3O6S/c1-18(25(34)31-17-11-16-21(31)26(35)37-28(2,3)4)29-23(33)24(30-22(32)19-12-7-5-8-13-19)38-27(36)20-14-9-6-10-15-20/h5-10,12-15,18,21,24H,11,16-17H2,1-4H3,(H,29,33)(H,30,32)/t18-,21-,24?/m0/s1. The fraction of sp³-hybridized carbons (Fsp3) is 0.393. The van der Waals surface area contributed by atoms with Crippen LogP contribution in [0.3, 0.4) is 0 Å². The molecule has 0 aliphatic carbocycles. The third kappa shape index (κ3) is 7.92. The van der Waals surface area contributed by atoms with Gasteiger partial charge in [0.1, 0.15) is 17.7 Å². The number of nitrogens with one attached hydrogen (secondary N) is 2. The van der Waals surface area contributed by atoms with Gasteiger partial charge in [-0.1, -0.05) is 48.5 Å². The van der Waals surface area contributed by atoms with Crippen LogP contribution in [-0.4, -0.2) is 63.3 Å². The molecule has 1 fully saturated rings. The zero-order valence-electron chi connectivity index (χ0n) is 21.9. The number of rotatable bonds is 8. The Morgan fingerprint density at radius 3 is 2.08 bits per heavy atom. The van der Waals surface area contributed by atoms with Gasteiger partial charge in [0.25, 0.3) is 11.8 Å². The average molecular weight is 540 g/mol. The van der Waals surface area contributed by atoms with Gasteiger partial charge in [0.15, 0.2) is 5.37 Å². The Kier molecular flexibility index (Phi) is 9.68.